The second kappa shape index (κ2) is 14.1. The molecule has 26 heavy (non-hydrogen) atoms. The summed E-state index contributed by atoms with van der Waals surface area (Å²) in [5, 5.41) is 4.25. The molecule has 2 aromatic carbocycles. The summed E-state index contributed by atoms with van der Waals surface area (Å²) in [6, 6.07) is 16.0. The van der Waals surface area contributed by atoms with Crippen LogP contribution >= 0.6 is 36.4 Å². The average molecular weight is 420 g/mol. The molecule has 0 bridgehead atoms. The van der Waals surface area contributed by atoms with Crippen molar-refractivity contribution < 1.29 is 4.74 Å². The fraction of sp³-hybridized carbons (Fsp3) is 0.400. The van der Waals surface area contributed by atoms with Crippen molar-refractivity contribution in [3.63, 3.8) is 0 Å². The molecule has 0 aliphatic rings. The van der Waals surface area contributed by atoms with E-state index in [2.05, 4.69) is 36.2 Å². The van der Waals surface area contributed by atoms with Gasteiger partial charge in [0.2, 0.25) is 0 Å². The number of nitrogens with one attached hydrogen (secondary N) is 1. The third-order valence-electron chi connectivity index (χ3n) is 4.09. The van der Waals surface area contributed by atoms with Crippen molar-refractivity contribution >= 4 is 36.4 Å². The highest BCUT2D eigenvalue weighted by Gasteiger charge is 2.04. The molecule has 0 heterocycles. The third-order valence-corrected chi connectivity index (χ3v) is 4.35. The van der Waals surface area contributed by atoms with Crippen molar-refractivity contribution in [3.8, 4) is 5.75 Å². The number of hydrogen-bond donors (Lipinski definition) is 1. The quantitative estimate of drug-likeness (QED) is 0.536. The predicted octanol–water partition coefficient (Wildman–Crippen LogP) is 5.19. The Morgan fingerprint density at radius 1 is 0.962 bits per heavy atom. The fourth-order valence-electron chi connectivity index (χ4n) is 2.53. The standard InChI is InChI=1S/C20H27ClN2O.2ClH/c1-3-23(4-2)14-13-22-15-18-7-5-6-8-20(18)24-16-17-9-11-19(21)12-10-17;;/h5-12,22H,3-4,13-16H2,1-2H3;2*1H. The number of halogens is 3. The van der Waals surface area contributed by atoms with Crippen LogP contribution < -0.4 is 10.1 Å². The highest BCUT2D eigenvalue weighted by Crippen LogP contribution is 2.19. The summed E-state index contributed by atoms with van der Waals surface area (Å²) in [7, 11) is 0. The number of likely N-dealkylation sites (N-methyl/N-ethyl adjacent to an activating group) is 1. The summed E-state index contributed by atoms with van der Waals surface area (Å²) in [6.45, 7) is 10.0. The van der Waals surface area contributed by atoms with E-state index in [1.54, 1.807) is 0 Å². The highest BCUT2D eigenvalue weighted by atomic mass is 35.5. The molecule has 0 radical (unpaired) electrons. The van der Waals surface area contributed by atoms with Crippen LogP contribution in [0.2, 0.25) is 5.02 Å². The van der Waals surface area contributed by atoms with Crippen molar-refractivity contribution in [1.29, 1.82) is 0 Å². The largest absolute Gasteiger partial charge is 0.489 e. The Morgan fingerprint density at radius 3 is 2.27 bits per heavy atom. The number of hydrogen-bond acceptors (Lipinski definition) is 3. The smallest absolute Gasteiger partial charge is 0.124 e. The summed E-state index contributed by atoms with van der Waals surface area (Å²) in [4.78, 5) is 2.41. The van der Waals surface area contributed by atoms with Crippen LogP contribution in [0.5, 0.6) is 5.75 Å². The molecule has 0 unspecified atom stereocenters. The fourth-order valence-corrected chi connectivity index (χ4v) is 2.66. The molecule has 0 aromatic heterocycles. The van der Waals surface area contributed by atoms with Crippen LogP contribution in [0.1, 0.15) is 25.0 Å². The number of ether oxygens (including phenoxy) is 1. The average Bonchev–Trinajstić information content (AvgIpc) is 2.62. The molecule has 2 aromatic rings. The van der Waals surface area contributed by atoms with Gasteiger partial charge < -0.3 is 15.0 Å². The summed E-state index contributed by atoms with van der Waals surface area (Å²) in [5.41, 5.74) is 2.30. The van der Waals surface area contributed by atoms with Gasteiger partial charge in [-0.1, -0.05) is 55.8 Å². The normalized spacial score (nSPS) is 10.2. The monoisotopic (exact) mass is 418 g/mol. The van der Waals surface area contributed by atoms with Gasteiger partial charge in [-0.15, -0.1) is 24.8 Å². The van der Waals surface area contributed by atoms with Crippen molar-refractivity contribution in [2.75, 3.05) is 26.2 Å². The number of rotatable bonds is 10. The first-order chi connectivity index (χ1) is 11.7. The number of nitrogens with zero attached hydrogens (tertiary/aromatic N) is 1. The van der Waals surface area contributed by atoms with Gasteiger partial charge in [-0.25, -0.2) is 0 Å². The Kier molecular flexibility index (Phi) is 13.6. The van der Waals surface area contributed by atoms with E-state index in [1.165, 1.54) is 5.56 Å². The van der Waals surface area contributed by atoms with Crippen molar-refractivity contribution in [1.82, 2.24) is 10.2 Å². The first-order valence-electron chi connectivity index (χ1n) is 8.61. The second-order valence-electron chi connectivity index (χ2n) is 5.73. The molecule has 0 aliphatic carbocycles. The summed E-state index contributed by atoms with van der Waals surface area (Å²) < 4.78 is 5.99. The summed E-state index contributed by atoms with van der Waals surface area (Å²) >= 11 is 5.92. The molecule has 0 saturated carbocycles. The van der Waals surface area contributed by atoms with Crippen LogP contribution in [-0.4, -0.2) is 31.1 Å². The van der Waals surface area contributed by atoms with Crippen LogP contribution in [0.3, 0.4) is 0 Å². The Labute approximate surface area is 174 Å². The lowest BCUT2D eigenvalue weighted by Gasteiger charge is -2.18. The molecular weight excluding hydrogens is 391 g/mol. The molecule has 0 fully saturated rings. The minimum absolute atomic E-state index is 0. The van der Waals surface area contributed by atoms with Gasteiger partial charge in [-0.2, -0.15) is 0 Å². The Hall–Kier alpha value is -0.970. The van der Waals surface area contributed by atoms with Crippen molar-refractivity contribution in [3.05, 3.63) is 64.7 Å². The summed E-state index contributed by atoms with van der Waals surface area (Å²) in [6.07, 6.45) is 0. The molecule has 3 nitrogen and oxygen atoms in total. The zero-order valence-corrected chi connectivity index (χ0v) is 17.8. The molecule has 0 atom stereocenters. The van der Waals surface area contributed by atoms with E-state index in [1.807, 2.05) is 36.4 Å². The van der Waals surface area contributed by atoms with E-state index >= 15 is 0 Å². The zero-order valence-electron chi connectivity index (χ0n) is 15.4. The molecule has 1 N–H and O–H groups in total. The highest BCUT2D eigenvalue weighted by molar-refractivity contribution is 6.30. The zero-order chi connectivity index (χ0) is 17.2. The van der Waals surface area contributed by atoms with Crippen LogP contribution in [0, 0.1) is 0 Å². The van der Waals surface area contributed by atoms with Crippen LogP contribution in [0.4, 0.5) is 0 Å². The van der Waals surface area contributed by atoms with Crippen molar-refractivity contribution in [2.45, 2.75) is 27.0 Å². The van der Waals surface area contributed by atoms with Gasteiger partial charge in [0.05, 0.1) is 0 Å². The SMILES string of the molecule is CCN(CC)CCNCc1ccccc1OCc1ccc(Cl)cc1.Cl.Cl. The first kappa shape index (κ1) is 25.0. The summed E-state index contributed by atoms with van der Waals surface area (Å²) in [5.74, 6) is 0.933. The van der Waals surface area contributed by atoms with Gasteiger partial charge in [0, 0.05) is 30.2 Å². The van der Waals surface area contributed by atoms with E-state index in [4.69, 9.17) is 16.3 Å². The van der Waals surface area contributed by atoms with E-state index in [0.29, 0.717) is 6.61 Å². The molecule has 0 spiro atoms. The number of para-hydroxylation sites is 1. The van der Waals surface area contributed by atoms with E-state index in [0.717, 1.165) is 49.1 Å². The minimum Gasteiger partial charge on any atom is -0.489 e. The Balaban J connectivity index is 0.00000312. The topological polar surface area (TPSA) is 24.5 Å². The maximum absolute atomic E-state index is 5.99. The molecule has 0 amide bonds. The second-order valence-corrected chi connectivity index (χ2v) is 6.16. The van der Waals surface area contributed by atoms with Crippen molar-refractivity contribution in [2.24, 2.45) is 0 Å². The van der Waals surface area contributed by atoms with Crippen LogP contribution in [-0.2, 0) is 13.2 Å². The Morgan fingerprint density at radius 2 is 1.62 bits per heavy atom. The molecule has 0 saturated heterocycles. The van der Waals surface area contributed by atoms with Gasteiger partial charge in [0.1, 0.15) is 12.4 Å². The van der Waals surface area contributed by atoms with E-state index in [-0.39, 0.29) is 24.8 Å². The van der Waals surface area contributed by atoms with Gasteiger partial charge in [-0.05, 0) is 36.9 Å². The maximum atomic E-state index is 5.99. The number of benzene rings is 2. The molecule has 2 rings (SSSR count). The first-order valence-corrected chi connectivity index (χ1v) is 8.99. The molecule has 0 aliphatic heterocycles. The molecule has 146 valence electrons. The van der Waals surface area contributed by atoms with Crippen LogP contribution in [0.25, 0.3) is 0 Å². The molecule has 6 heteroatoms. The van der Waals surface area contributed by atoms with E-state index in [9.17, 15) is 0 Å². The van der Waals surface area contributed by atoms with Crippen LogP contribution in [0.15, 0.2) is 48.5 Å². The molecular formula is C20H29Cl3N2O. The van der Waals surface area contributed by atoms with E-state index < -0.39 is 0 Å². The van der Waals surface area contributed by atoms with Gasteiger partial charge >= 0.3 is 0 Å². The van der Waals surface area contributed by atoms with Gasteiger partial charge in [-0.3, -0.25) is 0 Å². The Bertz CT molecular complexity index is 604. The third kappa shape index (κ3) is 8.61. The lowest BCUT2D eigenvalue weighted by Crippen LogP contribution is -2.31. The predicted molar refractivity (Wildman–Crippen MR) is 116 cm³/mol. The van der Waals surface area contributed by atoms with Gasteiger partial charge in [0.15, 0.2) is 0 Å². The maximum Gasteiger partial charge on any atom is 0.124 e. The lowest BCUT2D eigenvalue weighted by molar-refractivity contribution is 0.296. The minimum atomic E-state index is 0. The lowest BCUT2D eigenvalue weighted by atomic mass is 10.2. The van der Waals surface area contributed by atoms with Gasteiger partial charge in [0.25, 0.3) is 0 Å².